The van der Waals surface area contributed by atoms with Crippen molar-refractivity contribution in [2.75, 3.05) is 10.6 Å². The first-order valence-corrected chi connectivity index (χ1v) is 11.0. The Hall–Kier alpha value is -2.85. The van der Waals surface area contributed by atoms with Crippen LogP contribution in [0.15, 0.2) is 66.1 Å². The molecule has 0 saturated heterocycles. The van der Waals surface area contributed by atoms with Crippen molar-refractivity contribution in [3.8, 4) is 0 Å². The number of hydrogen-bond acceptors (Lipinski definition) is 3. The number of benzene rings is 2. The van der Waals surface area contributed by atoms with Gasteiger partial charge in [0.2, 0.25) is 0 Å². The highest BCUT2D eigenvalue weighted by atomic mass is 32.1. The Bertz CT molecular complexity index is 1110. The molecule has 3 nitrogen and oxygen atoms in total. The first-order chi connectivity index (χ1) is 14.1. The molecular formula is C25H24N2OS. The number of carbonyl (C=O) groups is 1. The third-order valence-corrected chi connectivity index (χ3v) is 7.30. The van der Waals surface area contributed by atoms with Crippen molar-refractivity contribution in [3.63, 3.8) is 0 Å². The maximum atomic E-state index is 12.7. The van der Waals surface area contributed by atoms with Crippen LogP contribution in [0.1, 0.15) is 50.3 Å². The van der Waals surface area contributed by atoms with Gasteiger partial charge >= 0.3 is 0 Å². The summed E-state index contributed by atoms with van der Waals surface area (Å²) in [5.74, 6) is 0.840. The van der Waals surface area contributed by atoms with Crippen LogP contribution in [-0.4, -0.2) is 5.91 Å². The lowest BCUT2D eigenvalue weighted by Crippen LogP contribution is -2.29. The van der Waals surface area contributed by atoms with Gasteiger partial charge < -0.3 is 10.6 Å². The molecule has 3 atom stereocenters. The molecule has 2 aromatic carbocycles. The Labute approximate surface area is 175 Å². The second kappa shape index (κ2) is 7.20. The SMILES string of the molecule is Cc1ccccc1C(=O)Nc1ccc2c(c1)C1C=CCC1C(c1sccc1C)N2. The van der Waals surface area contributed by atoms with E-state index < -0.39 is 0 Å². The topological polar surface area (TPSA) is 41.1 Å². The third kappa shape index (κ3) is 3.18. The van der Waals surface area contributed by atoms with E-state index in [2.05, 4.69) is 53.3 Å². The second-order valence-electron chi connectivity index (χ2n) is 8.01. The highest BCUT2D eigenvalue weighted by Crippen LogP contribution is 2.51. The Morgan fingerprint density at radius 3 is 2.76 bits per heavy atom. The minimum Gasteiger partial charge on any atom is -0.377 e. The number of fused-ring (bicyclic) bond motifs is 3. The van der Waals surface area contributed by atoms with Crippen LogP contribution in [0, 0.1) is 19.8 Å². The minimum absolute atomic E-state index is 0.0579. The van der Waals surface area contributed by atoms with E-state index in [1.54, 1.807) is 0 Å². The summed E-state index contributed by atoms with van der Waals surface area (Å²) in [6.45, 7) is 4.16. The summed E-state index contributed by atoms with van der Waals surface area (Å²) in [5.41, 5.74) is 6.36. The van der Waals surface area contributed by atoms with Gasteiger partial charge in [-0.1, -0.05) is 30.4 Å². The van der Waals surface area contributed by atoms with E-state index in [-0.39, 0.29) is 5.91 Å². The zero-order valence-corrected chi connectivity index (χ0v) is 17.4. The molecule has 0 fully saturated rings. The van der Waals surface area contributed by atoms with Crippen molar-refractivity contribution in [3.05, 3.63) is 93.2 Å². The lowest BCUT2D eigenvalue weighted by molar-refractivity contribution is 0.102. The van der Waals surface area contributed by atoms with Crippen LogP contribution in [0.3, 0.4) is 0 Å². The molecule has 29 heavy (non-hydrogen) atoms. The summed E-state index contributed by atoms with van der Waals surface area (Å²) in [6, 6.07) is 16.5. The highest BCUT2D eigenvalue weighted by Gasteiger charge is 2.39. The zero-order valence-electron chi connectivity index (χ0n) is 16.6. The first-order valence-electron chi connectivity index (χ1n) is 10.1. The largest absolute Gasteiger partial charge is 0.377 e. The summed E-state index contributed by atoms with van der Waals surface area (Å²) in [5, 5.41) is 9.06. The van der Waals surface area contributed by atoms with Gasteiger partial charge in [-0.15, -0.1) is 11.3 Å². The molecule has 1 amide bonds. The van der Waals surface area contributed by atoms with Crippen LogP contribution in [0.2, 0.25) is 0 Å². The van der Waals surface area contributed by atoms with E-state index in [0.29, 0.717) is 17.9 Å². The van der Waals surface area contributed by atoms with E-state index in [4.69, 9.17) is 0 Å². The number of allylic oxidation sites excluding steroid dienone is 2. The molecule has 1 aliphatic carbocycles. The van der Waals surface area contributed by atoms with Gasteiger partial charge in [-0.3, -0.25) is 4.79 Å². The van der Waals surface area contributed by atoms with Crippen LogP contribution in [0.25, 0.3) is 0 Å². The van der Waals surface area contributed by atoms with Gasteiger partial charge in [-0.2, -0.15) is 0 Å². The van der Waals surface area contributed by atoms with Crippen molar-refractivity contribution in [2.45, 2.75) is 32.2 Å². The maximum absolute atomic E-state index is 12.7. The van der Waals surface area contributed by atoms with Crippen molar-refractivity contribution >= 4 is 28.6 Å². The van der Waals surface area contributed by atoms with E-state index >= 15 is 0 Å². The van der Waals surface area contributed by atoms with E-state index in [0.717, 1.165) is 23.2 Å². The van der Waals surface area contributed by atoms with Gasteiger partial charge in [-0.25, -0.2) is 0 Å². The Kier molecular flexibility index (Phi) is 4.51. The number of hydrogen-bond donors (Lipinski definition) is 2. The minimum atomic E-state index is -0.0579. The molecule has 5 rings (SSSR count). The summed E-state index contributed by atoms with van der Waals surface area (Å²) >= 11 is 1.84. The molecule has 4 heteroatoms. The van der Waals surface area contributed by atoms with Gasteiger partial charge in [0.15, 0.2) is 0 Å². The van der Waals surface area contributed by atoms with Gasteiger partial charge in [0.25, 0.3) is 5.91 Å². The van der Waals surface area contributed by atoms with Crippen LogP contribution < -0.4 is 10.6 Å². The maximum Gasteiger partial charge on any atom is 0.255 e. The van der Waals surface area contributed by atoms with Gasteiger partial charge in [0.1, 0.15) is 0 Å². The molecule has 2 aliphatic rings. The van der Waals surface area contributed by atoms with E-state index in [1.807, 2.05) is 48.6 Å². The van der Waals surface area contributed by atoms with Crippen LogP contribution in [0.5, 0.6) is 0 Å². The number of aryl methyl sites for hydroxylation is 2. The first kappa shape index (κ1) is 18.2. The van der Waals surface area contributed by atoms with Gasteiger partial charge in [0, 0.05) is 27.7 Å². The predicted octanol–water partition coefficient (Wildman–Crippen LogP) is 6.44. The molecule has 3 aromatic rings. The molecule has 0 saturated carbocycles. The number of thiophene rings is 1. The lowest BCUT2D eigenvalue weighted by atomic mass is 9.78. The van der Waals surface area contributed by atoms with Crippen molar-refractivity contribution in [1.82, 2.24) is 0 Å². The molecule has 1 aliphatic heterocycles. The summed E-state index contributed by atoms with van der Waals surface area (Å²) in [4.78, 5) is 14.2. The summed E-state index contributed by atoms with van der Waals surface area (Å²) in [6.07, 6.45) is 5.73. The molecule has 2 heterocycles. The number of amides is 1. The molecule has 0 spiro atoms. The van der Waals surface area contributed by atoms with Crippen LogP contribution in [0.4, 0.5) is 11.4 Å². The fraction of sp³-hybridized carbons (Fsp3) is 0.240. The Morgan fingerprint density at radius 2 is 1.97 bits per heavy atom. The summed E-state index contributed by atoms with van der Waals surface area (Å²) < 4.78 is 0. The van der Waals surface area contributed by atoms with E-state index in [9.17, 15) is 4.79 Å². The smallest absolute Gasteiger partial charge is 0.255 e. The molecule has 2 N–H and O–H groups in total. The molecule has 3 unspecified atom stereocenters. The standard InChI is InChI=1S/C25H24N2OS/c1-15-6-3-4-7-18(15)25(28)26-17-10-11-22-21(14-17)19-8-5-9-20(19)23(27-22)24-16(2)12-13-29-24/h3-8,10-14,19-20,23,27H,9H2,1-2H3,(H,26,28). The van der Waals surface area contributed by atoms with Crippen LogP contribution >= 0.6 is 11.3 Å². The number of nitrogens with one attached hydrogen (secondary N) is 2. The number of carbonyl (C=O) groups excluding carboxylic acids is 1. The monoisotopic (exact) mass is 400 g/mol. The molecule has 0 radical (unpaired) electrons. The van der Waals surface area contributed by atoms with Gasteiger partial charge in [0.05, 0.1) is 6.04 Å². The van der Waals surface area contributed by atoms with E-state index in [1.165, 1.54) is 21.7 Å². The lowest BCUT2D eigenvalue weighted by Gasteiger charge is -2.37. The second-order valence-corrected chi connectivity index (χ2v) is 8.96. The molecular weight excluding hydrogens is 376 g/mol. The highest BCUT2D eigenvalue weighted by molar-refractivity contribution is 7.10. The number of anilines is 2. The third-order valence-electron chi connectivity index (χ3n) is 6.19. The summed E-state index contributed by atoms with van der Waals surface area (Å²) in [7, 11) is 0. The molecule has 1 aromatic heterocycles. The average molecular weight is 401 g/mol. The number of rotatable bonds is 3. The van der Waals surface area contributed by atoms with Crippen molar-refractivity contribution in [1.29, 1.82) is 0 Å². The molecule has 146 valence electrons. The Balaban J connectivity index is 1.45. The average Bonchev–Trinajstić information content (AvgIpc) is 3.37. The Morgan fingerprint density at radius 1 is 1.10 bits per heavy atom. The fourth-order valence-electron chi connectivity index (χ4n) is 4.66. The van der Waals surface area contributed by atoms with Gasteiger partial charge in [-0.05, 0) is 78.6 Å². The van der Waals surface area contributed by atoms with Crippen molar-refractivity contribution in [2.24, 2.45) is 5.92 Å². The molecule has 0 bridgehead atoms. The normalized spacial score (nSPS) is 21.9. The quantitative estimate of drug-likeness (QED) is 0.497. The van der Waals surface area contributed by atoms with Crippen LogP contribution in [-0.2, 0) is 0 Å². The zero-order chi connectivity index (χ0) is 20.0. The fourth-order valence-corrected chi connectivity index (χ4v) is 5.71. The predicted molar refractivity (Wildman–Crippen MR) is 121 cm³/mol. The van der Waals surface area contributed by atoms with Crippen molar-refractivity contribution < 1.29 is 4.79 Å².